The van der Waals surface area contributed by atoms with Gasteiger partial charge in [-0.15, -0.1) is 0 Å². The Labute approximate surface area is 93.2 Å². The van der Waals surface area contributed by atoms with Crippen LogP contribution in [-0.4, -0.2) is 43.1 Å². The summed E-state index contributed by atoms with van der Waals surface area (Å²) in [6.45, 7) is 1.30. The molecule has 0 bridgehead atoms. The first-order valence-corrected chi connectivity index (χ1v) is 6.78. The maximum Gasteiger partial charge on any atom is 0.346 e. The minimum atomic E-state index is -3.45. The van der Waals surface area contributed by atoms with Gasteiger partial charge in [-0.2, -0.15) is 4.98 Å². The van der Waals surface area contributed by atoms with Gasteiger partial charge in [0.15, 0.2) is 14.9 Å². The Hall–Kier alpha value is -1.21. The number of aromatic amines is 1. The maximum atomic E-state index is 11.5. The number of fused-ring (bicyclic) bond motifs is 1. The second kappa shape index (κ2) is 3.67. The van der Waals surface area contributed by atoms with Crippen LogP contribution in [0.25, 0.3) is 0 Å². The van der Waals surface area contributed by atoms with E-state index < -0.39 is 15.5 Å². The van der Waals surface area contributed by atoms with E-state index in [1.54, 1.807) is 0 Å². The summed E-state index contributed by atoms with van der Waals surface area (Å²) in [5, 5.41) is -0.0854. The van der Waals surface area contributed by atoms with Crippen molar-refractivity contribution in [1.29, 1.82) is 0 Å². The number of likely N-dealkylation sites (N-methyl/N-ethyl adjacent to an activating group) is 1. The molecule has 0 spiro atoms. The van der Waals surface area contributed by atoms with Crippen LogP contribution >= 0.6 is 0 Å². The minimum absolute atomic E-state index is 0.0854. The van der Waals surface area contributed by atoms with Crippen molar-refractivity contribution in [3.63, 3.8) is 0 Å². The molecule has 0 radical (unpaired) electrons. The van der Waals surface area contributed by atoms with E-state index in [2.05, 4.69) is 9.97 Å². The van der Waals surface area contributed by atoms with Gasteiger partial charge in [0.25, 0.3) is 0 Å². The van der Waals surface area contributed by atoms with Crippen LogP contribution in [0.1, 0.15) is 11.3 Å². The van der Waals surface area contributed by atoms with Crippen LogP contribution in [0.5, 0.6) is 0 Å². The molecule has 0 atom stereocenters. The molecule has 0 aromatic carbocycles. The van der Waals surface area contributed by atoms with Crippen molar-refractivity contribution in [2.75, 3.05) is 19.8 Å². The Balaban J connectivity index is 2.70. The highest BCUT2D eigenvalue weighted by molar-refractivity contribution is 7.90. The van der Waals surface area contributed by atoms with Gasteiger partial charge in [0.2, 0.25) is 0 Å². The lowest BCUT2D eigenvalue weighted by atomic mass is 10.1. The quantitative estimate of drug-likeness (QED) is 0.650. The molecule has 7 heteroatoms. The highest BCUT2D eigenvalue weighted by Gasteiger charge is 2.24. The molecule has 0 fully saturated rings. The Bertz CT molecular complexity index is 576. The number of sulfone groups is 1. The van der Waals surface area contributed by atoms with Gasteiger partial charge in [-0.25, -0.2) is 13.2 Å². The van der Waals surface area contributed by atoms with Crippen LogP contribution in [-0.2, 0) is 22.8 Å². The van der Waals surface area contributed by atoms with Gasteiger partial charge in [0.1, 0.15) is 0 Å². The van der Waals surface area contributed by atoms with Crippen LogP contribution < -0.4 is 5.69 Å². The second-order valence-corrected chi connectivity index (χ2v) is 6.00. The van der Waals surface area contributed by atoms with Crippen LogP contribution in [0, 0.1) is 0 Å². The highest BCUT2D eigenvalue weighted by atomic mass is 32.2. The molecule has 88 valence electrons. The molecule has 1 aromatic rings. The fourth-order valence-corrected chi connectivity index (χ4v) is 2.74. The Kier molecular flexibility index (Phi) is 2.59. The average Bonchev–Trinajstić information content (AvgIpc) is 2.16. The molecule has 1 aliphatic rings. The van der Waals surface area contributed by atoms with Crippen LogP contribution in [0.3, 0.4) is 0 Å². The maximum absolute atomic E-state index is 11.5. The second-order valence-electron chi connectivity index (χ2n) is 4.06. The molecule has 2 rings (SSSR count). The minimum Gasteiger partial charge on any atom is -0.309 e. The van der Waals surface area contributed by atoms with Gasteiger partial charge >= 0.3 is 5.69 Å². The van der Waals surface area contributed by atoms with Crippen LogP contribution in [0.2, 0.25) is 0 Å². The third-order valence-electron chi connectivity index (χ3n) is 2.61. The topological polar surface area (TPSA) is 83.1 Å². The molecule has 16 heavy (non-hydrogen) atoms. The normalized spacial score (nSPS) is 17.1. The number of nitrogens with zero attached hydrogens (tertiary/aromatic N) is 2. The van der Waals surface area contributed by atoms with Crippen molar-refractivity contribution >= 4 is 9.84 Å². The molecule has 0 saturated carbocycles. The molecule has 0 aliphatic carbocycles. The predicted molar refractivity (Wildman–Crippen MR) is 58.0 cm³/mol. The van der Waals surface area contributed by atoms with Crippen molar-refractivity contribution in [3.8, 4) is 0 Å². The number of H-pyrrole nitrogens is 1. The number of hydrogen-bond donors (Lipinski definition) is 1. The zero-order valence-corrected chi connectivity index (χ0v) is 9.97. The zero-order valence-electron chi connectivity index (χ0n) is 9.15. The van der Waals surface area contributed by atoms with Crippen molar-refractivity contribution in [2.24, 2.45) is 0 Å². The molecule has 0 unspecified atom stereocenters. The smallest absolute Gasteiger partial charge is 0.309 e. The third-order valence-corrected chi connectivity index (χ3v) is 3.65. The first-order valence-electron chi connectivity index (χ1n) is 4.88. The van der Waals surface area contributed by atoms with E-state index >= 15 is 0 Å². The van der Waals surface area contributed by atoms with Crippen molar-refractivity contribution in [1.82, 2.24) is 14.9 Å². The fourth-order valence-electron chi connectivity index (χ4n) is 1.86. The Morgan fingerprint density at radius 3 is 2.75 bits per heavy atom. The van der Waals surface area contributed by atoms with E-state index in [0.717, 1.165) is 12.8 Å². The van der Waals surface area contributed by atoms with Gasteiger partial charge < -0.3 is 9.88 Å². The molecular formula is C9H13N3O3S. The first kappa shape index (κ1) is 11.3. The molecule has 1 aliphatic heterocycles. The summed E-state index contributed by atoms with van der Waals surface area (Å²) in [7, 11) is -1.55. The molecule has 1 aromatic heterocycles. The summed E-state index contributed by atoms with van der Waals surface area (Å²) in [5.41, 5.74) is 0.720. The molecule has 1 N–H and O–H groups in total. The van der Waals surface area contributed by atoms with Gasteiger partial charge in [-0.05, 0) is 7.05 Å². The van der Waals surface area contributed by atoms with E-state index in [0.29, 0.717) is 24.2 Å². The SMILES string of the molecule is CN1CCc2[nH]c(=O)nc(S(C)(=O)=O)c2C1. The molecular weight excluding hydrogens is 230 g/mol. The van der Waals surface area contributed by atoms with Crippen LogP contribution in [0.15, 0.2) is 9.82 Å². The average molecular weight is 243 g/mol. The van der Waals surface area contributed by atoms with Gasteiger partial charge in [-0.1, -0.05) is 0 Å². The number of aromatic nitrogens is 2. The summed E-state index contributed by atoms with van der Waals surface area (Å²) in [6.07, 6.45) is 1.72. The van der Waals surface area contributed by atoms with Crippen molar-refractivity contribution < 1.29 is 8.42 Å². The van der Waals surface area contributed by atoms with E-state index in [1.165, 1.54) is 0 Å². The number of rotatable bonds is 1. The summed E-state index contributed by atoms with van der Waals surface area (Å²) in [6, 6.07) is 0. The lowest BCUT2D eigenvalue weighted by Gasteiger charge is -2.25. The number of nitrogens with one attached hydrogen (secondary N) is 1. The van der Waals surface area contributed by atoms with Gasteiger partial charge in [0, 0.05) is 37.0 Å². The van der Waals surface area contributed by atoms with E-state index in [1.807, 2.05) is 11.9 Å². The lowest BCUT2D eigenvalue weighted by Crippen LogP contribution is -2.32. The molecule has 0 amide bonds. The Morgan fingerprint density at radius 1 is 1.44 bits per heavy atom. The van der Waals surface area contributed by atoms with E-state index in [9.17, 15) is 13.2 Å². The first-order chi connectivity index (χ1) is 7.38. The van der Waals surface area contributed by atoms with E-state index in [-0.39, 0.29) is 5.03 Å². The summed E-state index contributed by atoms with van der Waals surface area (Å²) < 4.78 is 23.1. The lowest BCUT2D eigenvalue weighted by molar-refractivity contribution is 0.304. The van der Waals surface area contributed by atoms with Gasteiger partial charge in [0.05, 0.1) is 0 Å². The highest BCUT2D eigenvalue weighted by Crippen LogP contribution is 2.20. The van der Waals surface area contributed by atoms with Crippen molar-refractivity contribution in [3.05, 3.63) is 21.7 Å². The van der Waals surface area contributed by atoms with Crippen LogP contribution in [0.4, 0.5) is 0 Å². The Morgan fingerprint density at radius 2 is 2.12 bits per heavy atom. The summed E-state index contributed by atoms with van der Waals surface area (Å²) in [5.74, 6) is 0. The summed E-state index contributed by atoms with van der Waals surface area (Å²) in [4.78, 5) is 19.4. The zero-order chi connectivity index (χ0) is 11.9. The molecule has 0 saturated heterocycles. The fraction of sp³-hybridized carbons (Fsp3) is 0.556. The number of hydrogen-bond acceptors (Lipinski definition) is 5. The van der Waals surface area contributed by atoms with Gasteiger partial charge in [-0.3, -0.25) is 0 Å². The van der Waals surface area contributed by atoms with Crippen molar-refractivity contribution in [2.45, 2.75) is 18.0 Å². The largest absolute Gasteiger partial charge is 0.346 e. The molecule has 6 nitrogen and oxygen atoms in total. The predicted octanol–water partition coefficient (Wildman–Crippen LogP) is -0.839. The summed E-state index contributed by atoms with van der Waals surface area (Å²) >= 11 is 0. The standard InChI is InChI=1S/C9H13N3O3S/c1-12-4-3-7-6(5-12)8(16(2,14)15)11-9(13)10-7/h3-5H2,1-2H3,(H,10,11,13). The molecule has 2 heterocycles. The van der Waals surface area contributed by atoms with E-state index in [4.69, 9.17) is 0 Å². The third kappa shape index (κ3) is 2.00. The monoisotopic (exact) mass is 243 g/mol.